The molecular formula is C19H28F2N2O. The van der Waals surface area contributed by atoms with Gasteiger partial charge in [-0.15, -0.1) is 0 Å². The monoisotopic (exact) mass is 338 g/mol. The molecule has 3 nitrogen and oxygen atoms in total. The molecule has 2 fully saturated rings. The van der Waals surface area contributed by atoms with Gasteiger partial charge in [0.1, 0.15) is 11.6 Å². The number of nitrogens with zero attached hydrogens (tertiary/aromatic N) is 2. The first-order valence-electron chi connectivity index (χ1n) is 9.13. The molecule has 0 aromatic heterocycles. The highest BCUT2D eigenvalue weighted by atomic mass is 19.1. The van der Waals surface area contributed by atoms with E-state index in [2.05, 4.69) is 9.80 Å². The van der Waals surface area contributed by atoms with Gasteiger partial charge < -0.3 is 4.74 Å². The first-order chi connectivity index (χ1) is 11.6. The van der Waals surface area contributed by atoms with E-state index in [1.54, 1.807) is 6.92 Å². The Morgan fingerprint density at radius 1 is 1.12 bits per heavy atom. The van der Waals surface area contributed by atoms with Gasteiger partial charge in [-0.05, 0) is 50.9 Å². The first kappa shape index (κ1) is 17.8. The minimum absolute atomic E-state index is 0.230. The zero-order chi connectivity index (χ0) is 16.9. The number of morpholine rings is 1. The number of likely N-dealkylation sites (tertiary alicyclic amines) is 1. The maximum absolute atomic E-state index is 14.3. The van der Waals surface area contributed by atoms with Gasteiger partial charge in [0.15, 0.2) is 0 Å². The molecule has 2 heterocycles. The van der Waals surface area contributed by atoms with Crippen molar-refractivity contribution in [2.75, 3.05) is 39.4 Å². The number of piperidine rings is 1. The van der Waals surface area contributed by atoms with Crippen molar-refractivity contribution in [3.63, 3.8) is 0 Å². The van der Waals surface area contributed by atoms with Crippen LogP contribution in [0.1, 0.15) is 36.8 Å². The van der Waals surface area contributed by atoms with E-state index < -0.39 is 5.82 Å². The zero-order valence-electron chi connectivity index (χ0n) is 14.6. The van der Waals surface area contributed by atoms with Crippen molar-refractivity contribution in [2.45, 2.75) is 45.2 Å². The third-order valence-corrected chi connectivity index (χ3v) is 5.37. The van der Waals surface area contributed by atoms with Crippen molar-refractivity contribution in [1.82, 2.24) is 9.80 Å². The van der Waals surface area contributed by atoms with E-state index in [0.717, 1.165) is 58.7 Å². The molecule has 2 aliphatic heterocycles. The Morgan fingerprint density at radius 3 is 2.71 bits per heavy atom. The summed E-state index contributed by atoms with van der Waals surface area (Å²) in [6, 6.07) is 3.32. The third kappa shape index (κ3) is 4.32. The first-order valence-corrected chi connectivity index (χ1v) is 9.13. The van der Waals surface area contributed by atoms with E-state index >= 15 is 0 Å². The lowest BCUT2D eigenvalue weighted by Crippen LogP contribution is -2.43. The molecule has 0 spiro atoms. The van der Waals surface area contributed by atoms with Gasteiger partial charge in [-0.3, -0.25) is 9.80 Å². The molecule has 0 saturated carbocycles. The highest BCUT2D eigenvalue weighted by Crippen LogP contribution is 2.25. The van der Waals surface area contributed by atoms with Gasteiger partial charge in [-0.2, -0.15) is 0 Å². The average Bonchev–Trinajstić information content (AvgIpc) is 2.62. The number of ether oxygens (including phenoxy) is 1. The van der Waals surface area contributed by atoms with Crippen molar-refractivity contribution in [1.29, 1.82) is 0 Å². The molecule has 2 aliphatic rings. The van der Waals surface area contributed by atoms with Crippen LogP contribution in [0.3, 0.4) is 0 Å². The Labute approximate surface area is 143 Å². The smallest absolute Gasteiger partial charge is 0.133 e. The SMILES string of the molecule is Cc1ccc(F)c(CN2CCCC[C@H]2CCN2CCOCC2)c1F. The Morgan fingerprint density at radius 2 is 1.92 bits per heavy atom. The molecule has 3 rings (SSSR count). The number of benzene rings is 1. The standard InChI is InChI=1S/C19H28F2N2O/c1-15-5-6-18(20)17(19(15)21)14-23-8-3-2-4-16(23)7-9-22-10-12-24-13-11-22/h5-6,16H,2-4,7-14H2,1H3/t16-/m0/s1. The number of aryl methyl sites for hydroxylation is 1. The van der Waals surface area contributed by atoms with Crippen LogP contribution in [-0.2, 0) is 11.3 Å². The molecular weight excluding hydrogens is 310 g/mol. The van der Waals surface area contributed by atoms with Gasteiger partial charge in [-0.1, -0.05) is 12.5 Å². The molecule has 1 aromatic carbocycles. The zero-order valence-corrected chi connectivity index (χ0v) is 14.6. The topological polar surface area (TPSA) is 15.7 Å². The summed E-state index contributed by atoms with van der Waals surface area (Å²) in [4.78, 5) is 4.72. The molecule has 0 N–H and O–H groups in total. The minimum atomic E-state index is -0.421. The quantitative estimate of drug-likeness (QED) is 0.819. The summed E-state index contributed by atoms with van der Waals surface area (Å²) < 4.78 is 33.8. The van der Waals surface area contributed by atoms with Gasteiger partial charge >= 0.3 is 0 Å². The lowest BCUT2D eigenvalue weighted by Gasteiger charge is -2.37. The fourth-order valence-corrected chi connectivity index (χ4v) is 3.81. The van der Waals surface area contributed by atoms with Crippen LogP contribution in [0.25, 0.3) is 0 Å². The van der Waals surface area contributed by atoms with E-state index in [1.807, 2.05) is 0 Å². The predicted molar refractivity (Wildman–Crippen MR) is 91.0 cm³/mol. The van der Waals surface area contributed by atoms with Crippen LogP contribution in [0.2, 0.25) is 0 Å². The largest absolute Gasteiger partial charge is 0.379 e. The maximum Gasteiger partial charge on any atom is 0.133 e. The van der Waals surface area contributed by atoms with Gasteiger partial charge in [-0.25, -0.2) is 8.78 Å². The number of hydrogen-bond acceptors (Lipinski definition) is 3. The second-order valence-electron chi connectivity index (χ2n) is 7.02. The number of hydrogen-bond donors (Lipinski definition) is 0. The van der Waals surface area contributed by atoms with Gasteiger partial charge in [0, 0.05) is 31.2 Å². The average molecular weight is 338 g/mol. The van der Waals surface area contributed by atoms with E-state index in [-0.39, 0.29) is 11.4 Å². The summed E-state index contributed by atoms with van der Waals surface area (Å²) in [5, 5.41) is 0. The summed E-state index contributed by atoms with van der Waals surface area (Å²) in [6.07, 6.45) is 4.51. The van der Waals surface area contributed by atoms with Gasteiger partial charge in [0.05, 0.1) is 13.2 Å². The molecule has 2 saturated heterocycles. The van der Waals surface area contributed by atoms with Crippen molar-refractivity contribution >= 4 is 0 Å². The number of halogens is 2. The summed E-state index contributed by atoms with van der Waals surface area (Å²) in [7, 11) is 0. The van der Waals surface area contributed by atoms with Crippen LogP contribution in [-0.4, -0.2) is 55.2 Å². The molecule has 24 heavy (non-hydrogen) atoms. The van der Waals surface area contributed by atoms with Crippen LogP contribution in [0.15, 0.2) is 12.1 Å². The summed E-state index contributed by atoms with van der Waals surface area (Å²) in [6.45, 7) is 7.67. The van der Waals surface area contributed by atoms with Crippen molar-refractivity contribution in [2.24, 2.45) is 0 Å². The fourth-order valence-electron chi connectivity index (χ4n) is 3.81. The van der Waals surface area contributed by atoms with Crippen molar-refractivity contribution in [3.05, 3.63) is 34.9 Å². The minimum Gasteiger partial charge on any atom is -0.379 e. The molecule has 0 bridgehead atoms. The number of rotatable bonds is 5. The lowest BCUT2D eigenvalue weighted by atomic mass is 9.97. The highest BCUT2D eigenvalue weighted by Gasteiger charge is 2.25. The fraction of sp³-hybridized carbons (Fsp3) is 0.684. The van der Waals surface area contributed by atoms with Crippen LogP contribution in [0.4, 0.5) is 8.78 Å². The van der Waals surface area contributed by atoms with Crippen LogP contribution < -0.4 is 0 Å². The Bertz CT molecular complexity index is 546. The molecule has 5 heteroatoms. The molecule has 134 valence electrons. The highest BCUT2D eigenvalue weighted by molar-refractivity contribution is 5.26. The second-order valence-corrected chi connectivity index (χ2v) is 7.02. The van der Waals surface area contributed by atoms with Crippen LogP contribution in [0.5, 0.6) is 0 Å². The van der Waals surface area contributed by atoms with Gasteiger partial charge in [0.25, 0.3) is 0 Å². The Hall–Kier alpha value is -1.04. The maximum atomic E-state index is 14.3. The van der Waals surface area contributed by atoms with E-state index in [9.17, 15) is 8.78 Å². The molecule has 0 unspecified atom stereocenters. The van der Waals surface area contributed by atoms with E-state index in [1.165, 1.54) is 18.6 Å². The predicted octanol–water partition coefficient (Wildman–Crippen LogP) is 3.35. The molecule has 0 amide bonds. The molecule has 0 radical (unpaired) electrons. The Kier molecular flexibility index (Phi) is 6.19. The van der Waals surface area contributed by atoms with E-state index in [4.69, 9.17) is 4.74 Å². The van der Waals surface area contributed by atoms with Crippen LogP contribution in [0, 0.1) is 18.6 Å². The van der Waals surface area contributed by atoms with E-state index in [0.29, 0.717) is 18.2 Å². The third-order valence-electron chi connectivity index (χ3n) is 5.37. The second kappa shape index (κ2) is 8.37. The molecule has 1 atom stereocenters. The summed E-state index contributed by atoms with van der Waals surface area (Å²) in [5.41, 5.74) is 0.751. The Balaban J connectivity index is 1.63. The van der Waals surface area contributed by atoms with Gasteiger partial charge in [0.2, 0.25) is 0 Å². The van der Waals surface area contributed by atoms with Crippen molar-refractivity contribution in [3.8, 4) is 0 Å². The lowest BCUT2D eigenvalue weighted by molar-refractivity contribution is 0.0300. The molecule has 0 aliphatic carbocycles. The molecule has 1 aromatic rings. The summed E-state index contributed by atoms with van der Waals surface area (Å²) >= 11 is 0. The normalized spacial score (nSPS) is 23.5. The van der Waals surface area contributed by atoms with Crippen LogP contribution >= 0.6 is 0 Å². The summed E-state index contributed by atoms with van der Waals surface area (Å²) in [5.74, 6) is -0.803. The van der Waals surface area contributed by atoms with Crippen molar-refractivity contribution < 1.29 is 13.5 Å².